The molecule has 3 aliphatic rings. The molecule has 1 amide bonds. The lowest BCUT2D eigenvalue weighted by atomic mass is 10.0. The monoisotopic (exact) mass is 490 g/mol. The van der Waals surface area contributed by atoms with Crippen LogP contribution in [0.2, 0.25) is 0 Å². The summed E-state index contributed by atoms with van der Waals surface area (Å²) >= 11 is 0. The average molecular weight is 491 g/mol. The molecular formula is C27H30N4O5. The van der Waals surface area contributed by atoms with Crippen LogP contribution in [0.1, 0.15) is 18.4 Å². The number of aromatic nitrogens is 2. The van der Waals surface area contributed by atoms with Gasteiger partial charge in [-0.1, -0.05) is 18.2 Å². The summed E-state index contributed by atoms with van der Waals surface area (Å²) in [5, 5.41) is 14.3. The number of para-hydroxylation sites is 1. The fourth-order valence-corrected chi connectivity index (χ4v) is 5.39. The molecule has 3 aliphatic heterocycles. The summed E-state index contributed by atoms with van der Waals surface area (Å²) in [5.74, 6) is 1.90. The van der Waals surface area contributed by atoms with Crippen LogP contribution in [0.4, 0.5) is 10.6 Å². The molecule has 1 aromatic heterocycles. The maximum atomic E-state index is 12.4. The lowest BCUT2D eigenvalue weighted by Crippen LogP contribution is -2.36. The van der Waals surface area contributed by atoms with E-state index in [1.807, 2.05) is 25.1 Å². The van der Waals surface area contributed by atoms with Crippen LogP contribution >= 0.6 is 0 Å². The first-order chi connectivity index (χ1) is 17.5. The molecule has 3 saturated heterocycles. The number of ether oxygens (including phenoxy) is 3. The minimum atomic E-state index is -0.403. The summed E-state index contributed by atoms with van der Waals surface area (Å²) in [7, 11) is 0. The van der Waals surface area contributed by atoms with Crippen molar-refractivity contribution in [3.05, 3.63) is 48.0 Å². The highest BCUT2D eigenvalue weighted by Crippen LogP contribution is 2.35. The smallest absolute Gasteiger partial charge is 0.407 e. The lowest BCUT2D eigenvalue weighted by molar-refractivity contribution is -0.0907. The Morgan fingerprint density at radius 2 is 2.08 bits per heavy atom. The predicted octanol–water partition coefficient (Wildman–Crippen LogP) is 3.62. The molecule has 9 heteroatoms. The normalized spacial score (nSPS) is 25.3. The summed E-state index contributed by atoms with van der Waals surface area (Å²) in [4.78, 5) is 24.3. The SMILES string of the molecule is Cc1ccc2c(N3CC[C@@H](CNC(=O)OC4COC5OCCC45)C3)nc(-c3ccccc3O)nc2c1. The zero-order chi connectivity index (χ0) is 24.6. The maximum Gasteiger partial charge on any atom is 0.407 e. The lowest BCUT2D eigenvalue weighted by Gasteiger charge is -2.21. The molecule has 6 rings (SSSR count). The van der Waals surface area contributed by atoms with Crippen LogP contribution in [0.25, 0.3) is 22.3 Å². The second-order valence-corrected chi connectivity index (χ2v) is 9.86. The number of benzene rings is 2. The fourth-order valence-electron chi connectivity index (χ4n) is 5.39. The quantitative estimate of drug-likeness (QED) is 0.559. The molecule has 0 bridgehead atoms. The van der Waals surface area contributed by atoms with Crippen molar-refractivity contribution >= 4 is 22.8 Å². The van der Waals surface area contributed by atoms with Gasteiger partial charge in [-0.05, 0) is 55.5 Å². The third-order valence-electron chi connectivity index (χ3n) is 7.34. The first-order valence-corrected chi connectivity index (χ1v) is 12.5. The van der Waals surface area contributed by atoms with Crippen molar-refractivity contribution in [2.75, 3.05) is 37.7 Å². The number of phenols is 1. The van der Waals surface area contributed by atoms with Crippen LogP contribution in [-0.4, -0.2) is 66.4 Å². The standard InChI is InChI=1S/C27H30N4O5/c1-16-6-7-18-21(12-16)29-24(19-4-2-3-5-22(19)32)30-25(18)31-10-8-17(14-31)13-28-27(33)36-23-15-35-26-20(23)9-11-34-26/h2-7,12,17,20,23,26,32H,8-11,13-15H2,1H3,(H,28,33)/t17-,20?,23?,26?/m0/s1. The second kappa shape index (κ2) is 9.55. The number of nitrogens with zero attached hydrogens (tertiary/aromatic N) is 3. The van der Waals surface area contributed by atoms with Crippen LogP contribution in [0.15, 0.2) is 42.5 Å². The Bertz CT molecular complexity index is 1280. The number of amides is 1. The highest BCUT2D eigenvalue weighted by Gasteiger charge is 2.43. The number of carbonyl (C=O) groups excluding carboxylic acids is 1. The number of nitrogens with one attached hydrogen (secondary N) is 1. The molecule has 4 heterocycles. The molecule has 3 aromatic rings. The van der Waals surface area contributed by atoms with Crippen molar-refractivity contribution in [2.24, 2.45) is 11.8 Å². The van der Waals surface area contributed by atoms with Gasteiger partial charge in [-0.2, -0.15) is 0 Å². The number of aromatic hydroxyl groups is 1. The Morgan fingerprint density at radius 3 is 2.97 bits per heavy atom. The van der Waals surface area contributed by atoms with Gasteiger partial charge in [-0.25, -0.2) is 14.8 Å². The highest BCUT2D eigenvalue weighted by molar-refractivity contribution is 5.92. The highest BCUT2D eigenvalue weighted by atomic mass is 16.7. The zero-order valence-electron chi connectivity index (χ0n) is 20.2. The van der Waals surface area contributed by atoms with Gasteiger partial charge in [0.05, 0.1) is 30.2 Å². The van der Waals surface area contributed by atoms with E-state index >= 15 is 0 Å². The van der Waals surface area contributed by atoms with Crippen LogP contribution in [0, 0.1) is 18.8 Å². The topological polar surface area (TPSA) is 106 Å². The Morgan fingerprint density at radius 1 is 1.19 bits per heavy atom. The molecule has 0 radical (unpaired) electrons. The number of anilines is 1. The Hall–Kier alpha value is -3.43. The average Bonchev–Trinajstić information content (AvgIpc) is 3.61. The number of carbonyl (C=O) groups is 1. The second-order valence-electron chi connectivity index (χ2n) is 9.86. The number of hydrogen-bond acceptors (Lipinski definition) is 8. The van der Waals surface area contributed by atoms with Gasteiger partial charge in [-0.15, -0.1) is 0 Å². The number of phenolic OH excluding ortho intramolecular Hbond substituents is 1. The van der Waals surface area contributed by atoms with E-state index in [-0.39, 0.29) is 30.0 Å². The van der Waals surface area contributed by atoms with Crippen LogP contribution in [-0.2, 0) is 14.2 Å². The van der Waals surface area contributed by atoms with Crippen LogP contribution in [0.5, 0.6) is 5.75 Å². The molecule has 0 spiro atoms. The fraction of sp³-hybridized carbons (Fsp3) is 0.444. The van der Waals surface area contributed by atoms with Gasteiger partial charge < -0.3 is 29.5 Å². The minimum Gasteiger partial charge on any atom is -0.507 e. The molecule has 0 aliphatic carbocycles. The van der Waals surface area contributed by atoms with E-state index in [0.717, 1.165) is 48.2 Å². The van der Waals surface area contributed by atoms with E-state index in [0.29, 0.717) is 31.1 Å². The van der Waals surface area contributed by atoms with E-state index in [4.69, 9.17) is 24.2 Å². The van der Waals surface area contributed by atoms with Gasteiger partial charge in [0.2, 0.25) is 0 Å². The number of fused-ring (bicyclic) bond motifs is 2. The van der Waals surface area contributed by atoms with Crippen molar-refractivity contribution in [1.82, 2.24) is 15.3 Å². The first-order valence-electron chi connectivity index (χ1n) is 12.5. The van der Waals surface area contributed by atoms with Gasteiger partial charge in [0.25, 0.3) is 0 Å². The van der Waals surface area contributed by atoms with Crippen molar-refractivity contribution in [1.29, 1.82) is 0 Å². The summed E-state index contributed by atoms with van der Waals surface area (Å²) in [6.07, 6.45) is 0.894. The molecule has 3 fully saturated rings. The number of hydrogen-bond donors (Lipinski definition) is 2. The van der Waals surface area contributed by atoms with E-state index in [2.05, 4.69) is 22.3 Å². The van der Waals surface area contributed by atoms with Crippen molar-refractivity contribution in [2.45, 2.75) is 32.2 Å². The summed E-state index contributed by atoms with van der Waals surface area (Å²) in [5.41, 5.74) is 2.56. The Balaban J connectivity index is 1.15. The molecule has 4 atom stereocenters. The maximum absolute atomic E-state index is 12.4. The van der Waals surface area contributed by atoms with E-state index in [1.54, 1.807) is 12.1 Å². The molecule has 3 unspecified atom stereocenters. The molecule has 0 saturated carbocycles. The summed E-state index contributed by atoms with van der Waals surface area (Å²) in [6, 6.07) is 13.3. The Kier molecular flexibility index (Phi) is 6.10. The zero-order valence-corrected chi connectivity index (χ0v) is 20.2. The van der Waals surface area contributed by atoms with Gasteiger partial charge in [0, 0.05) is 25.0 Å². The molecule has 36 heavy (non-hydrogen) atoms. The predicted molar refractivity (Wildman–Crippen MR) is 134 cm³/mol. The van der Waals surface area contributed by atoms with Gasteiger partial charge in [0.1, 0.15) is 17.7 Å². The van der Waals surface area contributed by atoms with Crippen molar-refractivity contribution in [3.63, 3.8) is 0 Å². The third-order valence-corrected chi connectivity index (χ3v) is 7.34. The van der Waals surface area contributed by atoms with Crippen molar-refractivity contribution < 1.29 is 24.1 Å². The van der Waals surface area contributed by atoms with Gasteiger partial charge in [-0.3, -0.25) is 0 Å². The van der Waals surface area contributed by atoms with Gasteiger partial charge >= 0.3 is 6.09 Å². The van der Waals surface area contributed by atoms with E-state index in [9.17, 15) is 9.90 Å². The Labute approximate surface area is 209 Å². The molecule has 2 N–H and O–H groups in total. The van der Waals surface area contributed by atoms with E-state index < -0.39 is 6.09 Å². The minimum absolute atomic E-state index is 0.130. The summed E-state index contributed by atoms with van der Waals surface area (Å²) < 4.78 is 16.7. The largest absolute Gasteiger partial charge is 0.507 e. The molecule has 188 valence electrons. The van der Waals surface area contributed by atoms with Crippen LogP contribution < -0.4 is 10.2 Å². The number of alkyl carbamates (subject to hydrolysis) is 1. The molecule has 9 nitrogen and oxygen atoms in total. The number of rotatable bonds is 5. The number of aryl methyl sites for hydroxylation is 1. The van der Waals surface area contributed by atoms with Crippen molar-refractivity contribution in [3.8, 4) is 17.1 Å². The molecular weight excluding hydrogens is 460 g/mol. The third kappa shape index (κ3) is 4.44. The summed E-state index contributed by atoms with van der Waals surface area (Å²) in [6.45, 7) is 5.18. The van der Waals surface area contributed by atoms with Crippen LogP contribution in [0.3, 0.4) is 0 Å². The molecule has 2 aromatic carbocycles. The van der Waals surface area contributed by atoms with E-state index in [1.165, 1.54) is 0 Å². The van der Waals surface area contributed by atoms with Gasteiger partial charge in [0.15, 0.2) is 12.1 Å². The first kappa shape index (κ1) is 23.0.